The van der Waals surface area contributed by atoms with Crippen molar-refractivity contribution in [3.63, 3.8) is 0 Å². The maximum Gasteiger partial charge on any atom is 0.223 e. The van der Waals surface area contributed by atoms with Gasteiger partial charge in [0.1, 0.15) is 11.6 Å². The summed E-state index contributed by atoms with van der Waals surface area (Å²) in [6.45, 7) is 0.710. The SMILES string of the molecule is O=C(NCC1CCC1)[C@@H]1C[C@@H]1c1c(F)cccc1F. The molecule has 102 valence electrons. The van der Waals surface area contributed by atoms with Crippen LogP contribution in [0.5, 0.6) is 0 Å². The van der Waals surface area contributed by atoms with Crippen LogP contribution in [0.2, 0.25) is 0 Å². The summed E-state index contributed by atoms with van der Waals surface area (Å²) < 4.78 is 27.2. The summed E-state index contributed by atoms with van der Waals surface area (Å²) in [5, 5.41) is 2.90. The predicted molar refractivity (Wildman–Crippen MR) is 67.6 cm³/mol. The Labute approximate surface area is 111 Å². The van der Waals surface area contributed by atoms with E-state index in [1.165, 1.54) is 37.5 Å². The molecule has 0 spiro atoms. The van der Waals surface area contributed by atoms with Crippen molar-refractivity contribution in [2.45, 2.75) is 31.6 Å². The second-order valence-corrected chi connectivity index (χ2v) is 5.63. The molecular weight excluding hydrogens is 248 g/mol. The van der Waals surface area contributed by atoms with Gasteiger partial charge in [0.15, 0.2) is 0 Å². The van der Waals surface area contributed by atoms with E-state index >= 15 is 0 Å². The number of hydrogen-bond acceptors (Lipinski definition) is 1. The van der Waals surface area contributed by atoms with Crippen LogP contribution in [0.25, 0.3) is 0 Å². The second-order valence-electron chi connectivity index (χ2n) is 5.63. The van der Waals surface area contributed by atoms with Crippen LogP contribution in [0, 0.1) is 23.5 Å². The third kappa shape index (κ3) is 2.48. The van der Waals surface area contributed by atoms with Gasteiger partial charge in [-0.1, -0.05) is 12.5 Å². The van der Waals surface area contributed by atoms with E-state index in [2.05, 4.69) is 5.32 Å². The Hall–Kier alpha value is -1.45. The highest BCUT2D eigenvalue weighted by molar-refractivity contribution is 5.82. The van der Waals surface area contributed by atoms with E-state index in [1.54, 1.807) is 0 Å². The minimum Gasteiger partial charge on any atom is -0.356 e. The Kier molecular flexibility index (Phi) is 3.25. The molecule has 2 atom stereocenters. The Morgan fingerprint density at radius 1 is 1.26 bits per heavy atom. The third-order valence-electron chi connectivity index (χ3n) is 4.29. The lowest BCUT2D eigenvalue weighted by molar-refractivity contribution is -0.122. The van der Waals surface area contributed by atoms with Gasteiger partial charge in [0.25, 0.3) is 0 Å². The molecule has 2 aliphatic carbocycles. The molecule has 1 aromatic rings. The van der Waals surface area contributed by atoms with Crippen LogP contribution < -0.4 is 5.32 Å². The minimum atomic E-state index is -0.542. The fraction of sp³-hybridized carbons (Fsp3) is 0.533. The first-order valence-corrected chi connectivity index (χ1v) is 6.88. The van der Waals surface area contributed by atoms with E-state index in [0.29, 0.717) is 18.9 Å². The van der Waals surface area contributed by atoms with Gasteiger partial charge in [-0.15, -0.1) is 0 Å². The summed E-state index contributed by atoms with van der Waals surface area (Å²) in [4.78, 5) is 11.9. The van der Waals surface area contributed by atoms with Crippen LogP contribution in [0.4, 0.5) is 8.78 Å². The lowest BCUT2D eigenvalue weighted by atomic mass is 9.85. The number of halogens is 2. The largest absolute Gasteiger partial charge is 0.356 e. The summed E-state index contributed by atoms with van der Waals surface area (Å²) in [7, 11) is 0. The van der Waals surface area contributed by atoms with Crippen LogP contribution in [-0.4, -0.2) is 12.5 Å². The molecule has 1 aromatic carbocycles. The number of hydrogen-bond donors (Lipinski definition) is 1. The molecule has 0 aliphatic heterocycles. The van der Waals surface area contributed by atoms with Crippen molar-refractivity contribution in [3.05, 3.63) is 35.4 Å². The molecule has 19 heavy (non-hydrogen) atoms. The van der Waals surface area contributed by atoms with Gasteiger partial charge in [-0.25, -0.2) is 8.78 Å². The highest BCUT2D eigenvalue weighted by Crippen LogP contribution is 2.49. The van der Waals surface area contributed by atoms with E-state index in [1.807, 2.05) is 0 Å². The smallest absolute Gasteiger partial charge is 0.223 e. The van der Waals surface area contributed by atoms with E-state index < -0.39 is 11.6 Å². The van der Waals surface area contributed by atoms with Gasteiger partial charge in [0.2, 0.25) is 5.91 Å². The van der Waals surface area contributed by atoms with Crippen molar-refractivity contribution in [1.82, 2.24) is 5.32 Å². The first-order valence-electron chi connectivity index (χ1n) is 6.88. The monoisotopic (exact) mass is 265 g/mol. The van der Waals surface area contributed by atoms with Crippen molar-refractivity contribution in [2.75, 3.05) is 6.54 Å². The van der Waals surface area contributed by atoms with Crippen LogP contribution in [0.1, 0.15) is 37.2 Å². The van der Waals surface area contributed by atoms with E-state index in [9.17, 15) is 13.6 Å². The van der Waals surface area contributed by atoms with Crippen LogP contribution >= 0.6 is 0 Å². The fourth-order valence-corrected chi connectivity index (χ4v) is 2.74. The molecule has 2 fully saturated rings. The number of rotatable bonds is 4. The van der Waals surface area contributed by atoms with Crippen molar-refractivity contribution in [2.24, 2.45) is 11.8 Å². The zero-order valence-electron chi connectivity index (χ0n) is 10.7. The van der Waals surface area contributed by atoms with Gasteiger partial charge in [0.05, 0.1) is 0 Å². The fourth-order valence-electron chi connectivity index (χ4n) is 2.74. The summed E-state index contributed by atoms with van der Waals surface area (Å²) in [5.41, 5.74) is 0.0753. The summed E-state index contributed by atoms with van der Waals surface area (Å²) >= 11 is 0. The lowest BCUT2D eigenvalue weighted by Gasteiger charge is -2.25. The Morgan fingerprint density at radius 2 is 1.95 bits per heavy atom. The number of carbonyl (C=O) groups excluding carboxylic acids is 1. The van der Waals surface area contributed by atoms with Crippen molar-refractivity contribution in [1.29, 1.82) is 0 Å². The van der Waals surface area contributed by atoms with Crippen LogP contribution in [0.3, 0.4) is 0 Å². The number of amides is 1. The summed E-state index contributed by atoms with van der Waals surface area (Å²) in [5.74, 6) is -1.08. The summed E-state index contributed by atoms with van der Waals surface area (Å²) in [6, 6.07) is 3.85. The van der Waals surface area contributed by atoms with Gasteiger partial charge in [-0.05, 0) is 37.3 Å². The first-order chi connectivity index (χ1) is 9.16. The van der Waals surface area contributed by atoms with E-state index in [-0.39, 0.29) is 23.3 Å². The Balaban J connectivity index is 1.59. The normalized spacial score (nSPS) is 25.8. The topological polar surface area (TPSA) is 29.1 Å². The molecule has 3 rings (SSSR count). The maximum absolute atomic E-state index is 13.6. The summed E-state index contributed by atoms with van der Waals surface area (Å²) in [6.07, 6.45) is 4.15. The molecule has 0 heterocycles. The average molecular weight is 265 g/mol. The number of nitrogens with one attached hydrogen (secondary N) is 1. The van der Waals surface area contributed by atoms with E-state index in [4.69, 9.17) is 0 Å². The van der Waals surface area contributed by atoms with Gasteiger partial charge in [-0.2, -0.15) is 0 Å². The number of carbonyl (C=O) groups is 1. The van der Waals surface area contributed by atoms with Crippen LogP contribution in [-0.2, 0) is 4.79 Å². The van der Waals surface area contributed by atoms with Gasteiger partial charge in [0, 0.05) is 23.9 Å². The molecule has 0 aromatic heterocycles. The van der Waals surface area contributed by atoms with Gasteiger partial charge >= 0.3 is 0 Å². The molecule has 0 bridgehead atoms. The van der Waals surface area contributed by atoms with Crippen molar-refractivity contribution < 1.29 is 13.6 Å². The third-order valence-corrected chi connectivity index (χ3v) is 4.29. The Bertz CT molecular complexity index is 479. The predicted octanol–water partition coefficient (Wildman–Crippen LogP) is 2.98. The van der Waals surface area contributed by atoms with Crippen molar-refractivity contribution >= 4 is 5.91 Å². The Morgan fingerprint density at radius 3 is 2.53 bits per heavy atom. The molecule has 1 amide bonds. The molecule has 2 saturated carbocycles. The molecule has 0 unspecified atom stereocenters. The van der Waals surface area contributed by atoms with Crippen LogP contribution in [0.15, 0.2) is 18.2 Å². The molecule has 1 N–H and O–H groups in total. The molecule has 4 heteroatoms. The molecular formula is C15H17F2NO. The zero-order chi connectivity index (χ0) is 13.4. The quantitative estimate of drug-likeness (QED) is 0.891. The lowest BCUT2D eigenvalue weighted by Crippen LogP contribution is -2.33. The molecule has 2 aliphatic rings. The first kappa shape index (κ1) is 12.6. The standard InChI is InChI=1S/C15H17F2NO/c16-12-5-2-6-13(17)14(12)10-7-11(10)15(19)18-8-9-3-1-4-9/h2,5-6,9-11H,1,3-4,7-8H2,(H,18,19)/t10-,11+/m0/s1. The van der Waals surface area contributed by atoms with Gasteiger partial charge < -0.3 is 5.32 Å². The maximum atomic E-state index is 13.6. The molecule has 0 radical (unpaired) electrons. The highest BCUT2D eigenvalue weighted by atomic mass is 19.1. The second kappa shape index (κ2) is 4.91. The molecule has 0 saturated heterocycles. The minimum absolute atomic E-state index is 0.0560. The highest BCUT2D eigenvalue weighted by Gasteiger charge is 2.46. The molecule has 2 nitrogen and oxygen atoms in total. The number of benzene rings is 1. The average Bonchev–Trinajstić information content (AvgIpc) is 3.06. The van der Waals surface area contributed by atoms with E-state index in [0.717, 1.165) is 0 Å². The van der Waals surface area contributed by atoms with Gasteiger partial charge in [-0.3, -0.25) is 4.79 Å². The van der Waals surface area contributed by atoms with Crippen molar-refractivity contribution in [3.8, 4) is 0 Å². The zero-order valence-corrected chi connectivity index (χ0v) is 10.7.